The molecule has 0 aliphatic carbocycles. The molecule has 1 unspecified atom stereocenters. The number of rotatable bonds is 6. The highest BCUT2D eigenvalue weighted by atomic mass is 32.2. The third-order valence-corrected chi connectivity index (χ3v) is 7.68. The summed E-state index contributed by atoms with van der Waals surface area (Å²) < 4.78 is 43.8. The Hall–Kier alpha value is -2.30. The molecule has 0 saturated carbocycles. The minimum atomic E-state index is -4.36. The third kappa shape index (κ3) is 4.52. The van der Waals surface area contributed by atoms with Crippen LogP contribution in [0.25, 0.3) is 10.1 Å². The second-order valence-corrected chi connectivity index (χ2v) is 10.3. The number of phenolic OH excluding ortho intramolecular Hbond substituents is 3. The maximum absolute atomic E-state index is 12.4. The van der Waals surface area contributed by atoms with Crippen LogP contribution >= 0.6 is 18.9 Å². The summed E-state index contributed by atoms with van der Waals surface area (Å²) in [6.07, 6.45) is -0.887. The molecule has 1 atom stereocenters. The predicted molar refractivity (Wildman–Crippen MR) is 98.9 cm³/mol. The Balaban J connectivity index is 1.77. The van der Waals surface area contributed by atoms with Gasteiger partial charge in [0.15, 0.2) is 0 Å². The van der Waals surface area contributed by atoms with Crippen molar-refractivity contribution in [3.8, 4) is 23.0 Å². The van der Waals surface area contributed by atoms with Crippen LogP contribution < -0.4 is 9.25 Å². The van der Waals surface area contributed by atoms with Crippen molar-refractivity contribution < 1.29 is 37.7 Å². The van der Waals surface area contributed by atoms with Gasteiger partial charge in [0.1, 0.15) is 33.5 Å². The van der Waals surface area contributed by atoms with Gasteiger partial charge in [-0.2, -0.15) is 4.72 Å². The highest BCUT2D eigenvalue weighted by molar-refractivity contribution is 7.92. The number of fused-ring (bicyclic) bond motifs is 1. The molecule has 0 aliphatic rings. The molecule has 9 nitrogen and oxygen atoms in total. The topological polar surface area (TPSA) is 153 Å². The predicted octanol–water partition coefficient (Wildman–Crippen LogP) is 2.52. The minimum Gasteiger partial charge on any atom is -0.508 e. The van der Waals surface area contributed by atoms with Crippen molar-refractivity contribution in [2.75, 3.05) is 6.29 Å². The van der Waals surface area contributed by atoms with Gasteiger partial charge in [0.2, 0.25) is 0 Å². The maximum atomic E-state index is 12.4. The zero-order valence-corrected chi connectivity index (χ0v) is 16.0. The van der Waals surface area contributed by atoms with Gasteiger partial charge >= 0.3 is 7.60 Å². The van der Waals surface area contributed by atoms with E-state index in [2.05, 4.69) is 0 Å². The number of thiophene rings is 1. The van der Waals surface area contributed by atoms with Crippen LogP contribution in [0.3, 0.4) is 0 Å². The molecular formula is C15H14NO8PS2. The summed E-state index contributed by atoms with van der Waals surface area (Å²) >= 11 is 0.744. The van der Waals surface area contributed by atoms with Gasteiger partial charge in [-0.15, -0.1) is 11.3 Å². The van der Waals surface area contributed by atoms with E-state index in [1.807, 2.05) is 4.72 Å². The minimum absolute atomic E-state index is 0.0138. The highest BCUT2D eigenvalue weighted by Crippen LogP contribution is 2.43. The lowest BCUT2D eigenvalue weighted by molar-refractivity contribution is 0.377. The van der Waals surface area contributed by atoms with Crippen molar-refractivity contribution in [2.45, 2.75) is 4.21 Å². The zero-order valence-electron chi connectivity index (χ0n) is 13.4. The number of nitrogens with one attached hydrogen (secondary N) is 1. The summed E-state index contributed by atoms with van der Waals surface area (Å²) in [6.45, 7) is 0. The molecule has 5 N–H and O–H groups in total. The molecule has 0 amide bonds. The fourth-order valence-electron chi connectivity index (χ4n) is 2.17. The molecule has 0 spiro atoms. The van der Waals surface area contributed by atoms with Crippen molar-refractivity contribution in [1.82, 2.24) is 4.72 Å². The Kier molecular flexibility index (Phi) is 5.06. The van der Waals surface area contributed by atoms with E-state index in [0.717, 1.165) is 17.4 Å². The van der Waals surface area contributed by atoms with Gasteiger partial charge in [-0.05, 0) is 36.4 Å². The second kappa shape index (κ2) is 7.02. The molecule has 3 rings (SSSR count). The normalized spacial score (nSPS) is 14.1. The zero-order chi connectivity index (χ0) is 19.8. The van der Waals surface area contributed by atoms with Gasteiger partial charge in [-0.1, -0.05) is 0 Å². The van der Waals surface area contributed by atoms with Crippen LogP contribution in [-0.2, 0) is 14.6 Å². The third-order valence-electron chi connectivity index (χ3n) is 3.36. The van der Waals surface area contributed by atoms with Gasteiger partial charge in [0, 0.05) is 11.5 Å². The van der Waals surface area contributed by atoms with Crippen LogP contribution in [-0.4, -0.2) is 34.9 Å². The van der Waals surface area contributed by atoms with E-state index >= 15 is 0 Å². The van der Waals surface area contributed by atoms with Crippen molar-refractivity contribution in [1.29, 1.82) is 0 Å². The summed E-state index contributed by atoms with van der Waals surface area (Å²) in [6, 6.07) is 8.61. The Morgan fingerprint density at radius 3 is 2.37 bits per heavy atom. The van der Waals surface area contributed by atoms with Crippen LogP contribution in [0, 0.1) is 0 Å². The van der Waals surface area contributed by atoms with E-state index < -0.39 is 23.9 Å². The maximum Gasteiger partial charge on any atom is 0.391 e. The van der Waals surface area contributed by atoms with Crippen LogP contribution in [0.4, 0.5) is 0 Å². The SMILES string of the molecule is O=P(O)(CNS(=O)(=O)c1cc2cc(O)cc(O)c2s1)Oc1ccc(O)cc1. The first-order valence-corrected chi connectivity index (χ1v) is 11.4. The summed E-state index contributed by atoms with van der Waals surface area (Å²) in [7, 11) is -8.52. The standard InChI is InChI=1S/C15H14NO8PS2/c17-10-1-3-12(4-2-10)24-25(20,21)8-16-27(22,23)14-6-9-5-11(18)7-13(19)15(9)26-14/h1-7,16-19H,8H2,(H,20,21). The Bertz CT molecular complexity index is 1140. The monoisotopic (exact) mass is 431 g/mol. The lowest BCUT2D eigenvalue weighted by Crippen LogP contribution is -2.25. The molecule has 0 fully saturated rings. The number of hydrogen-bond acceptors (Lipinski definition) is 8. The summed E-state index contributed by atoms with van der Waals surface area (Å²) in [5.41, 5.74) is 0. The van der Waals surface area contributed by atoms with Gasteiger partial charge in [-0.25, -0.2) is 13.0 Å². The van der Waals surface area contributed by atoms with Crippen LogP contribution in [0.5, 0.6) is 23.0 Å². The van der Waals surface area contributed by atoms with Crippen LogP contribution in [0.2, 0.25) is 0 Å². The molecule has 12 heteroatoms. The van der Waals surface area contributed by atoms with Gasteiger partial charge in [-0.3, -0.25) is 0 Å². The van der Waals surface area contributed by atoms with Crippen molar-refractivity contribution >= 4 is 39.0 Å². The lowest BCUT2D eigenvalue weighted by atomic mass is 10.2. The Labute approximate surface area is 157 Å². The second-order valence-electron chi connectivity index (χ2n) is 5.48. The molecule has 0 aliphatic heterocycles. The first-order valence-electron chi connectivity index (χ1n) is 7.31. The largest absolute Gasteiger partial charge is 0.508 e. The average Bonchev–Trinajstić information content (AvgIpc) is 3.00. The number of benzene rings is 2. The van der Waals surface area contributed by atoms with E-state index in [9.17, 15) is 33.2 Å². The molecule has 1 aromatic heterocycles. The molecule has 0 saturated heterocycles. The Morgan fingerprint density at radius 2 is 1.70 bits per heavy atom. The van der Waals surface area contributed by atoms with E-state index in [-0.39, 0.29) is 31.9 Å². The highest BCUT2D eigenvalue weighted by Gasteiger charge is 2.27. The summed E-state index contributed by atoms with van der Waals surface area (Å²) in [5, 5.41) is 28.7. The van der Waals surface area contributed by atoms with E-state index in [1.54, 1.807) is 0 Å². The van der Waals surface area contributed by atoms with E-state index in [1.165, 1.54) is 36.4 Å². The molecular weight excluding hydrogens is 417 g/mol. The number of hydrogen-bond donors (Lipinski definition) is 5. The molecule has 1 heterocycles. The average molecular weight is 431 g/mol. The Morgan fingerprint density at radius 1 is 1.04 bits per heavy atom. The summed E-state index contributed by atoms with van der Waals surface area (Å²) in [4.78, 5) is 9.84. The molecule has 3 aromatic rings. The first-order chi connectivity index (χ1) is 12.6. The first kappa shape index (κ1) is 19.5. The number of aromatic hydroxyl groups is 3. The fourth-order valence-corrected chi connectivity index (χ4v) is 6.09. The summed E-state index contributed by atoms with van der Waals surface area (Å²) in [5.74, 6) is -0.577. The van der Waals surface area contributed by atoms with Gasteiger partial charge in [0.05, 0.1) is 4.70 Å². The quantitative estimate of drug-likeness (QED) is 0.373. The van der Waals surface area contributed by atoms with E-state index in [0.29, 0.717) is 5.39 Å². The van der Waals surface area contributed by atoms with Gasteiger partial charge in [0.25, 0.3) is 10.0 Å². The van der Waals surface area contributed by atoms with Crippen LogP contribution in [0.1, 0.15) is 0 Å². The molecule has 27 heavy (non-hydrogen) atoms. The molecule has 2 aromatic carbocycles. The van der Waals surface area contributed by atoms with Crippen molar-refractivity contribution in [3.05, 3.63) is 42.5 Å². The molecule has 0 radical (unpaired) electrons. The smallest absolute Gasteiger partial charge is 0.391 e. The van der Waals surface area contributed by atoms with Gasteiger partial charge < -0.3 is 24.7 Å². The molecule has 0 bridgehead atoms. The molecule has 144 valence electrons. The lowest BCUT2D eigenvalue weighted by Gasteiger charge is -2.14. The van der Waals surface area contributed by atoms with Crippen molar-refractivity contribution in [2.24, 2.45) is 0 Å². The van der Waals surface area contributed by atoms with Crippen molar-refractivity contribution in [3.63, 3.8) is 0 Å². The fraction of sp³-hybridized carbons (Fsp3) is 0.0667. The number of phenols is 3. The number of sulfonamides is 1. The van der Waals surface area contributed by atoms with E-state index in [4.69, 9.17) is 4.52 Å². The van der Waals surface area contributed by atoms with Crippen LogP contribution in [0.15, 0.2) is 46.7 Å².